The number of amides is 2. The monoisotopic (exact) mass is 520 g/mol. The van der Waals surface area contributed by atoms with Gasteiger partial charge >= 0.3 is 0 Å². The van der Waals surface area contributed by atoms with Crippen molar-refractivity contribution in [2.45, 2.75) is 51.6 Å². The Morgan fingerprint density at radius 3 is 2.58 bits per heavy atom. The van der Waals surface area contributed by atoms with Gasteiger partial charge < -0.3 is 14.8 Å². The Kier molecular flexibility index (Phi) is 6.86. The fraction of sp³-hybridized carbons (Fsp3) is 0.321. The van der Waals surface area contributed by atoms with Crippen LogP contribution in [0.25, 0.3) is 17.0 Å². The number of aromatic nitrogens is 1. The first-order valence-corrected chi connectivity index (χ1v) is 13.2. The van der Waals surface area contributed by atoms with Crippen molar-refractivity contribution in [3.05, 3.63) is 70.5 Å². The van der Waals surface area contributed by atoms with Gasteiger partial charge in [0.05, 0.1) is 11.2 Å². The molecule has 2 heterocycles. The number of hydrogen-bond acceptors (Lipinski definition) is 3. The lowest BCUT2D eigenvalue weighted by molar-refractivity contribution is -0.122. The zero-order valence-electron chi connectivity index (χ0n) is 20.5. The highest BCUT2D eigenvalue weighted by Crippen LogP contribution is 2.32. The van der Waals surface area contributed by atoms with Crippen LogP contribution in [-0.4, -0.2) is 39.5 Å². The van der Waals surface area contributed by atoms with Crippen LogP contribution < -0.4 is 10.2 Å². The smallest absolute Gasteiger partial charge is 0.281 e. The lowest BCUT2D eigenvalue weighted by atomic mass is 10.1. The van der Waals surface area contributed by atoms with Crippen LogP contribution in [0.3, 0.4) is 0 Å². The van der Waals surface area contributed by atoms with E-state index in [1.165, 1.54) is 17.7 Å². The molecule has 0 bridgehead atoms. The van der Waals surface area contributed by atoms with Crippen LogP contribution in [-0.2, 0) is 22.6 Å². The van der Waals surface area contributed by atoms with E-state index in [-0.39, 0.29) is 24.4 Å². The van der Waals surface area contributed by atoms with Crippen molar-refractivity contribution < 1.29 is 9.59 Å². The maximum atomic E-state index is 13.5. The minimum absolute atomic E-state index is 0.0214. The Morgan fingerprint density at radius 1 is 1.17 bits per heavy atom. The topological polar surface area (TPSA) is 57.6 Å². The highest BCUT2D eigenvalue weighted by atomic mass is 35.5. The summed E-state index contributed by atoms with van der Waals surface area (Å²) in [5.41, 5.74) is 4.22. The van der Waals surface area contributed by atoms with E-state index in [0.717, 1.165) is 41.3 Å². The molecule has 0 spiro atoms. The molecule has 186 valence electrons. The first-order valence-electron chi connectivity index (χ1n) is 12.4. The molecule has 36 heavy (non-hydrogen) atoms. The number of thiocarbonyl (C=S) groups is 1. The van der Waals surface area contributed by atoms with Gasteiger partial charge in [0.1, 0.15) is 12.2 Å². The highest BCUT2D eigenvalue weighted by molar-refractivity contribution is 7.80. The third-order valence-electron chi connectivity index (χ3n) is 7.07. The van der Waals surface area contributed by atoms with Gasteiger partial charge in [-0.1, -0.05) is 49.6 Å². The number of nitrogens with zero attached hydrogens (tertiary/aromatic N) is 3. The molecule has 6 nitrogen and oxygen atoms in total. The van der Waals surface area contributed by atoms with Crippen molar-refractivity contribution in [1.29, 1.82) is 0 Å². The van der Waals surface area contributed by atoms with Gasteiger partial charge in [0, 0.05) is 35.3 Å². The Bertz CT molecular complexity index is 1370. The number of carbonyl (C=O) groups excluding carboxylic acids is 2. The van der Waals surface area contributed by atoms with E-state index in [1.807, 2.05) is 29.0 Å². The number of benzene rings is 2. The molecule has 2 aromatic carbocycles. The van der Waals surface area contributed by atoms with Crippen LogP contribution in [0.4, 0.5) is 5.69 Å². The quantitative estimate of drug-likeness (QED) is 0.343. The van der Waals surface area contributed by atoms with Crippen molar-refractivity contribution in [3.8, 4) is 0 Å². The summed E-state index contributed by atoms with van der Waals surface area (Å²) in [7, 11) is 1.80. The number of nitrogens with one attached hydrogen (secondary N) is 1. The van der Waals surface area contributed by atoms with Crippen molar-refractivity contribution in [2.75, 3.05) is 11.9 Å². The zero-order chi connectivity index (χ0) is 25.4. The molecule has 1 saturated heterocycles. The average molecular weight is 521 g/mol. The van der Waals surface area contributed by atoms with Gasteiger partial charge in [-0.15, -0.1) is 0 Å². The van der Waals surface area contributed by atoms with Gasteiger partial charge in [-0.2, -0.15) is 0 Å². The number of halogens is 1. The number of carbonyl (C=O) groups is 2. The number of anilines is 1. The first-order chi connectivity index (χ1) is 17.4. The number of hydrogen-bond donors (Lipinski definition) is 1. The summed E-state index contributed by atoms with van der Waals surface area (Å²) in [5, 5.41) is 5.20. The SMILES string of the molecule is CCc1cccc2c(/C=C3/C(=O)N(c4ccc(Cl)cc4)C(=S)N3C)cn(CC(=O)NC3CCCC3)c12. The van der Waals surface area contributed by atoms with Gasteiger partial charge in [-0.3, -0.25) is 14.5 Å². The summed E-state index contributed by atoms with van der Waals surface area (Å²) < 4.78 is 2.01. The summed E-state index contributed by atoms with van der Waals surface area (Å²) in [5.74, 6) is -0.176. The van der Waals surface area contributed by atoms with E-state index in [2.05, 4.69) is 18.3 Å². The second kappa shape index (κ2) is 10.1. The van der Waals surface area contributed by atoms with Gasteiger partial charge in [0.15, 0.2) is 5.11 Å². The lowest BCUT2D eigenvalue weighted by Crippen LogP contribution is -2.35. The summed E-state index contributed by atoms with van der Waals surface area (Å²) in [6.45, 7) is 2.35. The molecular formula is C28H29ClN4O2S. The van der Waals surface area contributed by atoms with Crippen LogP contribution in [0.1, 0.15) is 43.7 Å². The van der Waals surface area contributed by atoms with Crippen molar-refractivity contribution in [2.24, 2.45) is 0 Å². The number of rotatable bonds is 6. The third-order valence-corrected chi connectivity index (χ3v) is 7.78. The molecule has 0 radical (unpaired) electrons. The van der Waals surface area contributed by atoms with Gasteiger partial charge in [-0.25, -0.2) is 0 Å². The second-order valence-corrected chi connectivity index (χ2v) is 10.2. The molecular weight excluding hydrogens is 492 g/mol. The Labute approximate surface area is 221 Å². The zero-order valence-corrected chi connectivity index (χ0v) is 22.0. The Morgan fingerprint density at radius 2 is 1.89 bits per heavy atom. The number of likely N-dealkylation sites (N-methyl/N-ethyl adjacent to an activating group) is 1. The third kappa shape index (κ3) is 4.53. The van der Waals surface area contributed by atoms with E-state index in [9.17, 15) is 9.59 Å². The fourth-order valence-electron chi connectivity index (χ4n) is 5.21. The first kappa shape index (κ1) is 24.5. The molecule has 1 aliphatic heterocycles. The molecule has 2 aliphatic rings. The average Bonchev–Trinajstić information content (AvgIpc) is 3.55. The minimum Gasteiger partial charge on any atom is -0.352 e. The van der Waals surface area contributed by atoms with Crippen molar-refractivity contribution in [1.82, 2.24) is 14.8 Å². The van der Waals surface area contributed by atoms with E-state index in [0.29, 0.717) is 21.5 Å². The maximum absolute atomic E-state index is 13.5. The molecule has 2 amide bonds. The molecule has 2 fully saturated rings. The van der Waals surface area contributed by atoms with Crippen LogP contribution in [0.2, 0.25) is 5.02 Å². The summed E-state index contributed by atoms with van der Waals surface area (Å²) in [6, 6.07) is 13.5. The van der Waals surface area contributed by atoms with Crippen LogP contribution >= 0.6 is 23.8 Å². The number of fused-ring (bicyclic) bond motifs is 1. The van der Waals surface area contributed by atoms with Gasteiger partial charge in [0.2, 0.25) is 5.91 Å². The minimum atomic E-state index is -0.198. The molecule has 0 unspecified atom stereocenters. The van der Waals surface area contributed by atoms with E-state index >= 15 is 0 Å². The maximum Gasteiger partial charge on any atom is 0.281 e. The normalized spacial score (nSPS) is 17.7. The number of para-hydroxylation sites is 1. The van der Waals surface area contributed by atoms with Crippen LogP contribution in [0.15, 0.2) is 54.4 Å². The summed E-state index contributed by atoms with van der Waals surface area (Å²) in [6.07, 6.45) is 9.13. The molecule has 8 heteroatoms. The van der Waals surface area contributed by atoms with E-state index in [1.54, 1.807) is 36.2 Å². The molecule has 1 saturated carbocycles. The van der Waals surface area contributed by atoms with Crippen molar-refractivity contribution in [3.63, 3.8) is 0 Å². The summed E-state index contributed by atoms with van der Waals surface area (Å²) >= 11 is 11.6. The highest BCUT2D eigenvalue weighted by Gasteiger charge is 2.37. The Hall–Kier alpha value is -3.16. The molecule has 5 rings (SSSR count). The predicted molar refractivity (Wildman–Crippen MR) is 149 cm³/mol. The van der Waals surface area contributed by atoms with Crippen LogP contribution in [0, 0.1) is 0 Å². The second-order valence-electron chi connectivity index (χ2n) is 9.42. The van der Waals surface area contributed by atoms with Gasteiger partial charge in [0.25, 0.3) is 5.91 Å². The summed E-state index contributed by atoms with van der Waals surface area (Å²) in [4.78, 5) is 29.6. The van der Waals surface area contributed by atoms with Crippen LogP contribution in [0.5, 0.6) is 0 Å². The fourth-order valence-corrected chi connectivity index (χ4v) is 5.62. The Balaban J connectivity index is 1.51. The number of aryl methyl sites for hydroxylation is 1. The van der Waals surface area contributed by atoms with Gasteiger partial charge in [-0.05, 0) is 67.4 Å². The predicted octanol–water partition coefficient (Wildman–Crippen LogP) is 5.52. The lowest BCUT2D eigenvalue weighted by Gasteiger charge is -2.16. The van der Waals surface area contributed by atoms with E-state index < -0.39 is 0 Å². The molecule has 1 aliphatic carbocycles. The largest absolute Gasteiger partial charge is 0.352 e. The molecule has 1 N–H and O–H groups in total. The standard InChI is InChI=1S/C28H29ClN4O2S/c1-3-18-7-6-10-23-19(16-32(26(18)23)17-25(34)30-21-8-4-5-9-21)15-24-27(35)33(28(36)31(24)2)22-13-11-20(29)12-14-22/h6-7,10-16,21H,3-5,8-9,17H2,1-2H3,(H,30,34)/b24-15-. The molecule has 1 aromatic heterocycles. The van der Waals surface area contributed by atoms with E-state index in [4.69, 9.17) is 23.8 Å². The molecule has 3 aromatic rings. The van der Waals surface area contributed by atoms with Crippen molar-refractivity contribution >= 4 is 63.4 Å². The molecule has 0 atom stereocenters.